The van der Waals surface area contributed by atoms with Crippen molar-refractivity contribution in [2.75, 3.05) is 16.3 Å². The van der Waals surface area contributed by atoms with Gasteiger partial charge < -0.3 is 9.64 Å². The van der Waals surface area contributed by atoms with Crippen LogP contribution in [-0.2, 0) is 19.2 Å². The summed E-state index contributed by atoms with van der Waals surface area (Å²) < 4.78 is 5.57. The van der Waals surface area contributed by atoms with Gasteiger partial charge >= 0.3 is 5.97 Å². The van der Waals surface area contributed by atoms with E-state index in [0.717, 1.165) is 36.9 Å². The van der Waals surface area contributed by atoms with Crippen LogP contribution in [0.2, 0.25) is 0 Å². The van der Waals surface area contributed by atoms with Crippen LogP contribution in [-0.4, -0.2) is 30.2 Å². The Balaban J connectivity index is 1.29. The van der Waals surface area contributed by atoms with Crippen molar-refractivity contribution in [1.82, 2.24) is 0 Å². The van der Waals surface area contributed by atoms with Gasteiger partial charge in [0.2, 0.25) is 17.7 Å². The average Bonchev–Trinajstić information content (AvgIpc) is 3.32. The lowest BCUT2D eigenvalue weighted by atomic mass is 9.81. The molecule has 7 heteroatoms. The number of nitrogens with zero attached hydrogens (tertiary/aromatic N) is 2. The van der Waals surface area contributed by atoms with E-state index in [1.165, 1.54) is 4.90 Å². The molecule has 7 nitrogen and oxygen atoms in total. The molecule has 2 aromatic carbocycles. The van der Waals surface area contributed by atoms with Gasteiger partial charge in [0.15, 0.2) is 0 Å². The van der Waals surface area contributed by atoms with Gasteiger partial charge in [-0.15, -0.1) is 0 Å². The number of hydrogen-bond acceptors (Lipinski definition) is 5. The number of imide groups is 1. The SMILES string of the molecule is Cc1ccc(N2C[C@@H](C(=O)Oc3cccc(N4C(=O)[C@H]5CCCC[C@@H]5C4=O)c3)CC2=O)cc1. The van der Waals surface area contributed by atoms with Gasteiger partial charge in [-0.25, -0.2) is 4.90 Å². The third-order valence-electron chi connectivity index (χ3n) is 6.94. The maximum Gasteiger partial charge on any atom is 0.316 e. The van der Waals surface area contributed by atoms with Crippen LogP contribution >= 0.6 is 0 Å². The fourth-order valence-corrected chi connectivity index (χ4v) is 5.14. The number of carbonyl (C=O) groups excluding carboxylic acids is 4. The van der Waals surface area contributed by atoms with Crippen molar-refractivity contribution in [1.29, 1.82) is 0 Å². The monoisotopic (exact) mass is 446 g/mol. The van der Waals surface area contributed by atoms with E-state index in [0.29, 0.717) is 5.69 Å². The van der Waals surface area contributed by atoms with Crippen LogP contribution in [0.3, 0.4) is 0 Å². The summed E-state index contributed by atoms with van der Waals surface area (Å²) in [5.41, 5.74) is 2.28. The van der Waals surface area contributed by atoms with Crippen LogP contribution in [0.4, 0.5) is 11.4 Å². The van der Waals surface area contributed by atoms with Gasteiger partial charge in [0, 0.05) is 24.7 Å². The molecule has 0 N–H and O–H groups in total. The lowest BCUT2D eigenvalue weighted by molar-refractivity contribution is -0.139. The molecule has 0 bridgehead atoms. The number of benzene rings is 2. The molecule has 3 amide bonds. The van der Waals surface area contributed by atoms with Crippen molar-refractivity contribution >= 4 is 35.1 Å². The van der Waals surface area contributed by atoms with E-state index in [4.69, 9.17) is 4.74 Å². The Labute approximate surface area is 192 Å². The number of anilines is 2. The van der Waals surface area contributed by atoms with Gasteiger partial charge in [0.1, 0.15) is 5.75 Å². The molecule has 1 aliphatic carbocycles. The van der Waals surface area contributed by atoms with E-state index in [-0.39, 0.29) is 48.3 Å². The molecular formula is C26H26N2O5. The lowest BCUT2D eigenvalue weighted by Gasteiger charge is -2.19. The van der Waals surface area contributed by atoms with Crippen molar-refractivity contribution in [3.05, 3.63) is 54.1 Å². The summed E-state index contributed by atoms with van der Waals surface area (Å²) in [6, 6.07) is 14.1. The third-order valence-corrected chi connectivity index (χ3v) is 6.94. The second-order valence-corrected chi connectivity index (χ2v) is 9.17. The number of ether oxygens (including phenoxy) is 1. The van der Waals surface area contributed by atoms with Crippen molar-refractivity contribution < 1.29 is 23.9 Å². The third kappa shape index (κ3) is 3.92. The molecule has 5 rings (SSSR count). The number of fused-ring (bicyclic) bond motifs is 1. The Morgan fingerprint density at radius 2 is 1.58 bits per heavy atom. The van der Waals surface area contributed by atoms with Crippen molar-refractivity contribution in [3.8, 4) is 5.75 Å². The van der Waals surface area contributed by atoms with E-state index in [9.17, 15) is 19.2 Å². The van der Waals surface area contributed by atoms with Crippen LogP contribution in [0.5, 0.6) is 5.75 Å². The van der Waals surface area contributed by atoms with Gasteiger partial charge in [-0.2, -0.15) is 0 Å². The smallest absolute Gasteiger partial charge is 0.316 e. The highest BCUT2D eigenvalue weighted by molar-refractivity contribution is 6.22. The van der Waals surface area contributed by atoms with Gasteiger partial charge in [0.05, 0.1) is 23.4 Å². The number of rotatable bonds is 4. The summed E-state index contributed by atoms with van der Waals surface area (Å²) in [6.07, 6.45) is 3.50. The molecule has 0 radical (unpaired) electrons. The van der Waals surface area contributed by atoms with Crippen LogP contribution in [0.25, 0.3) is 0 Å². The molecule has 2 saturated heterocycles. The molecule has 2 aromatic rings. The number of carbonyl (C=O) groups is 4. The van der Waals surface area contributed by atoms with Gasteiger partial charge in [-0.1, -0.05) is 36.6 Å². The first-order valence-corrected chi connectivity index (χ1v) is 11.5. The second-order valence-electron chi connectivity index (χ2n) is 9.17. The summed E-state index contributed by atoms with van der Waals surface area (Å²) in [5, 5.41) is 0. The molecular weight excluding hydrogens is 420 g/mol. The Bertz CT molecular complexity index is 1100. The summed E-state index contributed by atoms with van der Waals surface area (Å²) in [5.74, 6) is -1.75. The topological polar surface area (TPSA) is 84.0 Å². The van der Waals surface area contributed by atoms with E-state index < -0.39 is 11.9 Å². The van der Waals surface area contributed by atoms with Crippen molar-refractivity contribution in [3.63, 3.8) is 0 Å². The minimum absolute atomic E-state index is 0.0822. The molecule has 170 valence electrons. The van der Waals surface area contributed by atoms with Crippen LogP contribution < -0.4 is 14.5 Å². The number of esters is 1. The van der Waals surface area contributed by atoms with Crippen LogP contribution in [0.15, 0.2) is 48.5 Å². The summed E-state index contributed by atoms with van der Waals surface area (Å²) >= 11 is 0. The zero-order valence-corrected chi connectivity index (χ0v) is 18.5. The first kappa shape index (κ1) is 21.4. The fraction of sp³-hybridized carbons (Fsp3) is 0.385. The minimum atomic E-state index is -0.583. The molecule has 3 atom stereocenters. The summed E-state index contributed by atoms with van der Waals surface area (Å²) in [6.45, 7) is 2.23. The zero-order chi connectivity index (χ0) is 23.1. The van der Waals surface area contributed by atoms with Crippen LogP contribution in [0, 0.1) is 24.7 Å². The molecule has 2 aliphatic heterocycles. The van der Waals surface area contributed by atoms with Gasteiger partial charge in [0.25, 0.3) is 0 Å². The zero-order valence-electron chi connectivity index (χ0n) is 18.5. The Hall–Kier alpha value is -3.48. The highest BCUT2D eigenvalue weighted by Crippen LogP contribution is 2.40. The van der Waals surface area contributed by atoms with Crippen molar-refractivity contribution in [2.24, 2.45) is 17.8 Å². The van der Waals surface area contributed by atoms with E-state index in [2.05, 4.69) is 0 Å². The van der Waals surface area contributed by atoms with Gasteiger partial charge in [-0.05, 0) is 44.0 Å². The predicted octanol–water partition coefficient (Wildman–Crippen LogP) is 3.63. The van der Waals surface area contributed by atoms with Crippen LogP contribution in [0.1, 0.15) is 37.7 Å². The molecule has 1 saturated carbocycles. The van der Waals surface area contributed by atoms with Gasteiger partial charge in [-0.3, -0.25) is 19.2 Å². The van der Waals surface area contributed by atoms with Crippen molar-refractivity contribution in [2.45, 2.75) is 39.0 Å². The molecule has 2 heterocycles. The number of aryl methyl sites for hydroxylation is 1. The highest BCUT2D eigenvalue weighted by Gasteiger charge is 2.48. The molecule has 3 aliphatic rings. The standard InChI is InChI=1S/C26H26N2O5/c1-16-9-11-18(12-10-16)27-15-17(13-23(27)29)26(32)33-20-6-4-5-19(14-20)28-24(30)21-7-2-3-8-22(21)25(28)31/h4-6,9-12,14,17,21-22H,2-3,7-8,13,15H2,1H3/t17-,21-,22-/m0/s1. The molecule has 0 unspecified atom stereocenters. The van der Waals surface area contributed by atoms with E-state index in [1.54, 1.807) is 29.2 Å². The largest absolute Gasteiger partial charge is 0.426 e. The maximum atomic E-state index is 12.9. The van der Waals surface area contributed by atoms with E-state index >= 15 is 0 Å². The fourth-order valence-electron chi connectivity index (χ4n) is 5.14. The summed E-state index contributed by atoms with van der Waals surface area (Å²) in [7, 11) is 0. The molecule has 3 fully saturated rings. The normalized spacial score (nSPS) is 24.9. The predicted molar refractivity (Wildman–Crippen MR) is 122 cm³/mol. The molecule has 0 aromatic heterocycles. The summed E-state index contributed by atoms with van der Waals surface area (Å²) in [4.78, 5) is 53.9. The Kier molecular flexibility index (Phi) is 5.48. The Morgan fingerprint density at radius 3 is 2.24 bits per heavy atom. The quantitative estimate of drug-likeness (QED) is 0.407. The minimum Gasteiger partial charge on any atom is -0.426 e. The Morgan fingerprint density at radius 1 is 0.909 bits per heavy atom. The molecule has 0 spiro atoms. The molecule has 33 heavy (non-hydrogen) atoms. The number of hydrogen-bond donors (Lipinski definition) is 0. The highest BCUT2D eigenvalue weighted by atomic mass is 16.5. The average molecular weight is 447 g/mol. The first-order valence-electron chi connectivity index (χ1n) is 11.5. The second kappa shape index (κ2) is 8.46. The van der Waals surface area contributed by atoms with E-state index in [1.807, 2.05) is 31.2 Å². The first-order chi connectivity index (χ1) is 15.9. The number of amides is 3. The lowest BCUT2D eigenvalue weighted by Crippen LogP contribution is -2.31. The maximum absolute atomic E-state index is 12.9.